The molecule has 0 heterocycles. The lowest BCUT2D eigenvalue weighted by Crippen LogP contribution is -2.07. The van der Waals surface area contributed by atoms with Gasteiger partial charge in [0, 0.05) is 12.0 Å². The summed E-state index contributed by atoms with van der Waals surface area (Å²) in [5, 5.41) is 0. The van der Waals surface area contributed by atoms with Gasteiger partial charge in [-0.3, -0.25) is 0 Å². The molecule has 17 heavy (non-hydrogen) atoms. The minimum Gasteiger partial charge on any atom is -0.491 e. The molecule has 1 aliphatic rings. The zero-order chi connectivity index (χ0) is 11.8. The molecule has 1 heteroatoms. The summed E-state index contributed by atoms with van der Waals surface area (Å²) >= 11 is 0. The van der Waals surface area contributed by atoms with Crippen LogP contribution in [0.5, 0.6) is 5.75 Å². The number of hydrogen-bond acceptors (Lipinski definition) is 1. The van der Waals surface area contributed by atoms with Gasteiger partial charge in [0.25, 0.3) is 0 Å². The van der Waals surface area contributed by atoms with E-state index in [0.29, 0.717) is 0 Å². The quantitative estimate of drug-likeness (QED) is 0.638. The Morgan fingerprint density at radius 3 is 2.53 bits per heavy atom. The second-order valence-corrected chi connectivity index (χ2v) is 4.78. The Morgan fingerprint density at radius 2 is 1.71 bits per heavy atom. The van der Waals surface area contributed by atoms with Gasteiger partial charge in [0.2, 0.25) is 0 Å². The highest BCUT2D eigenvalue weighted by Gasteiger charge is 2.21. The topological polar surface area (TPSA) is 9.23 Å². The monoisotopic (exact) mass is 224 g/mol. The van der Waals surface area contributed by atoms with Crippen molar-refractivity contribution < 1.29 is 4.74 Å². The molecule has 0 N–H and O–H groups in total. The zero-order valence-corrected chi connectivity index (χ0v) is 10.2. The summed E-state index contributed by atoms with van der Waals surface area (Å²) in [5.74, 6) is 1.04. The fourth-order valence-electron chi connectivity index (χ4n) is 2.49. The van der Waals surface area contributed by atoms with Crippen LogP contribution in [0.1, 0.15) is 25.0 Å². The minimum absolute atomic E-state index is 0.227. The average Bonchev–Trinajstić information content (AvgIpc) is 2.68. The summed E-state index contributed by atoms with van der Waals surface area (Å²) in [6, 6.07) is 14.9. The molecule has 3 rings (SSSR count). The molecule has 0 amide bonds. The fraction of sp³-hybridized carbons (Fsp3) is 0.250. The third-order valence-corrected chi connectivity index (χ3v) is 3.17. The number of fused-ring (bicyclic) bond motifs is 3. The molecule has 86 valence electrons. The molecule has 0 saturated carbocycles. The molecule has 1 aliphatic carbocycles. The van der Waals surface area contributed by atoms with Crippen molar-refractivity contribution in [3.63, 3.8) is 0 Å². The smallest absolute Gasteiger partial charge is 0.123 e. The van der Waals surface area contributed by atoms with E-state index in [1.807, 2.05) is 0 Å². The van der Waals surface area contributed by atoms with E-state index in [1.165, 1.54) is 22.3 Å². The molecule has 0 saturated heterocycles. The van der Waals surface area contributed by atoms with Crippen LogP contribution < -0.4 is 4.74 Å². The van der Waals surface area contributed by atoms with Gasteiger partial charge in [0.1, 0.15) is 5.75 Å². The third-order valence-electron chi connectivity index (χ3n) is 3.17. The van der Waals surface area contributed by atoms with Crippen molar-refractivity contribution >= 4 is 0 Å². The normalized spacial score (nSPS) is 12.4. The van der Waals surface area contributed by atoms with Crippen LogP contribution in [-0.4, -0.2) is 6.10 Å². The van der Waals surface area contributed by atoms with E-state index in [1.54, 1.807) is 0 Å². The number of hydrogen-bond donors (Lipinski definition) is 0. The maximum atomic E-state index is 5.89. The third kappa shape index (κ3) is 1.72. The van der Waals surface area contributed by atoms with Crippen LogP contribution in [0, 0.1) is 0 Å². The van der Waals surface area contributed by atoms with E-state index in [4.69, 9.17) is 4.74 Å². The summed E-state index contributed by atoms with van der Waals surface area (Å²) in [6.45, 7) is 4.14. The predicted molar refractivity (Wildman–Crippen MR) is 70.4 cm³/mol. The Labute approximate surface area is 102 Å². The van der Waals surface area contributed by atoms with Crippen molar-refractivity contribution in [2.24, 2.45) is 0 Å². The first-order valence-electron chi connectivity index (χ1n) is 6.12. The lowest BCUT2D eigenvalue weighted by atomic mass is 10.1. The molecule has 0 bridgehead atoms. The van der Waals surface area contributed by atoms with Crippen LogP contribution >= 0.6 is 0 Å². The Hall–Kier alpha value is -1.76. The Morgan fingerprint density at radius 1 is 0.941 bits per heavy atom. The van der Waals surface area contributed by atoms with Gasteiger partial charge >= 0.3 is 0 Å². The van der Waals surface area contributed by atoms with Crippen molar-refractivity contribution in [3.05, 3.63) is 53.6 Å². The summed E-state index contributed by atoms with van der Waals surface area (Å²) in [4.78, 5) is 0. The average molecular weight is 224 g/mol. The molecule has 0 atom stereocenters. The van der Waals surface area contributed by atoms with Crippen molar-refractivity contribution in [1.29, 1.82) is 0 Å². The number of ether oxygens (including phenoxy) is 1. The van der Waals surface area contributed by atoms with Crippen LogP contribution in [-0.2, 0) is 6.42 Å². The molecule has 0 unspecified atom stereocenters. The summed E-state index contributed by atoms with van der Waals surface area (Å²) in [7, 11) is 0. The Balaban J connectivity index is 2.11. The van der Waals surface area contributed by atoms with Crippen LogP contribution in [0.15, 0.2) is 42.5 Å². The van der Waals surface area contributed by atoms with Crippen LogP contribution in [0.2, 0.25) is 0 Å². The highest BCUT2D eigenvalue weighted by molar-refractivity contribution is 5.78. The molecular formula is C16H16O. The molecule has 0 spiro atoms. The van der Waals surface area contributed by atoms with Crippen molar-refractivity contribution in [1.82, 2.24) is 0 Å². The first-order valence-corrected chi connectivity index (χ1v) is 6.12. The van der Waals surface area contributed by atoms with Gasteiger partial charge in [0.15, 0.2) is 0 Å². The predicted octanol–water partition coefficient (Wildman–Crippen LogP) is 4.05. The summed E-state index contributed by atoms with van der Waals surface area (Å²) in [5.41, 5.74) is 5.43. The summed E-state index contributed by atoms with van der Waals surface area (Å²) in [6.07, 6.45) is 1.22. The zero-order valence-electron chi connectivity index (χ0n) is 10.2. The van der Waals surface area contributed by atoms with Gasteiger partial charge in [-0.1, -0.05) is 36.4 Å². The second kappa shape index (κ2) is 3.92. The maximum Gasteiger partial charge on any atom is 0.123 e. The number of benzene rings is 2. The number of rotatable bonds is 2. The fourth-order valence-corrected chi connectivity index (χ4v) is 2.49. The van der Waals surface area contributed by atoms with E-state index < -0.39 is 0 Å². The minimum atomic E-state index is 0.227. The molecule has 0 fully saturated rings. The molecular weight excluding hydrogens is 208 g/mol. The molecule has 0 aliphatic heterocycles. The van der Waals surface area contributed by atoms with Crippen molar-refractivity contribution in [2.75, 3.05) is 0 Å². The van der Waals surface area contributed by atoms with E-state index >= 15 is 0 Å². The highest BCUT2D eigenvalue weighted by atomic mass is 16.5. The van der Waals surface area contributed by atoms with Gasteiger partial charge < -0.3 is 4.74 Å². The molecule has 1 nitrogen and oxygen atoms in total. The highest BCUT2D eigenvalue weighted by Crippen LogP contribution is 2.41. The lowest BCUT2D eigenvalue weighted by molar-refractivity contribution is 0.240. The van der Waals surface area contributed by atoms with Crippen molar-refractivity contribution in [2.45, 2.75) is 26.4 Å². The SMILES string of the molecule is CC(C)Oc1cccc2c1Cc1ccccc1-2. The van der Waals surface area contributed by atoms with Gasteiger partial charge in [-0.25, -0.2) is 0 Å². The largest absolute Gasteiger partial charge is 0.491 e. The molecule has 2 aromatic rings. The van der Waals surface area contributed by atoms with Gasteiger partial charge in [-0.2, -0.15) is 0 Å². The van der Waals surface area contributed by atoms with Gasteiger partial charge in [-0.15, -0.1) is 0 Å². The van der Waals surface area contributed by atoms with Crippen LogP contribution in [0.3, 0.4) is 0 Å². The van der Waals surface area contributed by atoms with E-state index in [9.17, 15) is 0 Å². The van der Waals surface area contributed by atoms with E-state index in [0.717, 1.165) is 12.2 Å². The Kier molecular flexibility index (Phi) is 2.40. The first kappa shape index (κ1) is 10.4. The van der Waals surface area contributed by atoms with Crippen molar-refractivity contribution in [3.8, 4) is 16.9 Å². The maximum absolute atomic E-state index is 5.89. The molecule has 0 aromatic heterocycles. The van der Waals surface area contributed by atoms with E-state index in [2.05, 4.69) is 56.3 Å². The Bertz CT molecular complexity index is 555. The van der Waals surface area contributed by atoms with Gasteiger partial charge in [0.05, 0.1) is 6.10 Å². The standard InChI is InChI=1S/C16H16O/c1-11(2)17-16-9-5-8-14-13-7-4-3-6-12(13)10-15(14)16/h3-9,11H,10H2,1-2H3. The first-order chi connectivity index (χ1) is 8.25. The van der Waals surface area contributed by atoms with Crippen LogP contribution in [0.25, 0.3) is 11.1 Å². The molecule has 0 radical (unpaired) electrons. The second-order valence-electron chi connectivity index (χ2n) is 4.78. The molecule has 2 aromatic carbocycles. The van der Waals surface area contributed by atoms with Crippen LogP contribution in [0.4, 0.5) is 0 Å². The lowest BCUT2D eigenvalue weighted by Gasteiger charge is -2.13. The summed E-state index contributed by atoms with van der Waals surface area (Å²) < 4.78 is 5.89. The van der Waals surface area contributed by atoms with Gasteiger partial charge in [-0.05, 0) is 36.6 Å². The van der Waals surface area contributed by atoms with E-state index in [-0.39, 0.29) is 6.10 Å².